The first-order valence-corrected chi connectivity index (χ1v) is 5.30. The van der Waals surface area contributed by atoms with Crippen molar-refractivity contribution in [2.45, 2.75) is 19.3 Å². The van der Waals surface area contributed by atoms with Gasteiger partial charge in [-0.25, -0.2) is 0 Å². The fourth-order valence-corrected chi connectivity index (χ4v) is 1.25. The molecule has 1 aliphatic carbocycles. The van der Waals surface area contributed by atoms with Crippen LogP contribution in [0.1, 0.15) is 19.3 Å². The Kier molecular flexibility index (Phi) is 3.96. The minimum Gasteiger partial charge on any atom is -0.161 e. The summed E-state index contributed by atoms with van der Waals surface area (Å²) in [6.07, 6.45) is 13.1. The van der Waals surface area contributed by atoms with Crippen LogP contribution in [0.2, 0.25) is 0 Å². The van der Waals surface area contributed by atoms with Gasteiger partial charge in [-0.05, 0) is 37.9 Å². The zero-order chi connectivity index (χ0) is 7.23. The van der Waals surface area contributed by atoms with Crippen LogP contribution in [0.25, 0.3) is 0 Å². The van der Waals surface area contributed by atoms with E-state index in [0.717, 1.165) is 5.92 Å². The van der Waals surface area contributed by atoms with E-state index in [1.165, 1.54) is 25.0 Å². The van der Waals surface area contributed by atoms with Crippen molar-refractivity contribution in [2.24, 2.45) is 5.92 Å². The zero-order valence-electron chi connectivity index (χ0n) is 6.55. The highest BCUT2D eigenvalue weighted by molar-refractivity contribution is 7.98. The molecule has 57 valence electrons. The average molecular weight is 155 g/mol. The first-order chi connectivity index (χ1) is 4.93. The van der Waals surface area contributed by atoms with Crippen molar-refractivity contribution in [3.05, 3.63) is 18.6 Å². The Hall–Kier alpha value is 0.0900. The van der Waals surface area contributed by atoms with Gasteiger partial charge < -0.3 is 0 Å². The normalized spacial score (nSPS) is 18.5. The molecule has 0 heterocycles. The van der Waals surface area contributed by atoms with E-state index in [4.69, 9.17) is 0 Å². The zero-order valence-corrected chi connectivity index (χ0v) is 7.36. The minimum absolute atomic E-state index is 0.971. The number of hydrogen-bond donors (Lipinski definition) is 0. The summed E-state index contributed by atoms with van der Waals surface area (Å²) in [5, 5.41) is 0. The second kappa shape index (κ2) is 4.84. The van der Waals surface area contributed by atoms with E-state index in [2.05, 4.69) is 24.8 Å². The number of thioether (sulfide) groups is 1. The molecule has 10 heavy (non-hydrogen) atoms. The number of allylic oxidation sites excluding steroid dienone is 1. The third-order valence-electron chi connectivity index (χ3n) is 1.70. The van der Waals surface area contributed by atoms with Crippen molar-refractivity contribution >= 4 is 11.8 Å². The van der Waals surface area contributed by atoms with Crippen molar-refractivity contribution in [1.29, 1.82) is 0 Å². The molecule has 0 aliphatic heterocycles. The van der Waals surface area contributed by atoms with Crippen LogP contribution in [0.4, 0.5) is 0 Å². The van der Waals surface area contributed by atoms with Gasteiger partial charge in [-0.3, -0.25) is 0 Å². The first-order valence-electron chi connectivity index (χ1n) is 3.90. The maximum Gasteiger partial charge on any atom is 0.0110 e. The van der Waals surface area contributed by atoms with E-state index >= 15 is 0 Å². The summed E-state index contributed by atoms with van der Waals surface area (Å²) in [4.78, 5) is 0. The molecule has 0 spiro atoms. The van der Waals surface area contributed by atoms with Crippen LogP contribution in [0.3, 0.4) is 0 Å². The summed E-state index contributed by atoms with van der Waals surface area (Å²) in [6.45, 7) is 0. The molecule has 0 aromatic carbocycles. The Labute approximate surface area is 68.1 Å². The number of hydrogen-bond acceptors (Lipinski definition) is 1. The smallest absolute Gasteiger partial charge is 0.0110 e. The van der Waals surface area contributed by atoms with Gasteiger partial charge in [0.1, 0.15) is 0 Å². The highest BCUT2D eigenvalue weighted by Gasteiger charge is 2.19. The summed E-state index contributed by atoms with van der Waals surface area (Å²) >= 11 is 1.88. The van der Waals surface area contributed by atoms with Crippen molar-refractivity contribution in [2.75, 3.05) is 12.0 Å². The van der Waals surface area contributed by atoms with Gasteiger partial charge in [-0.1, -0.05) is 12.2 Å². The predicted octanol–water partition coefficient (Wildman–Crippen LogP) is 2.91. The molecule has 0 N–H and O–H groups in total. The molecule has 0 aromatic heterocycles. The Balaban J connectivity index is 1.83. The SMILES string of the molecule is CSCC=CCCC1[CH]C1. The highest BCUT2D eigenvalue weighted by atomic mass is 32.2. The summed E-state index contributed by atoms with van der Waals surface area (Å²) in [7, 11) is 0. The van der Waals surface area contributed by atoms with Crippen LogP contribution < -0.4 is 0 Å². The van der Waals surface area contributed by atoms with E-state index < -0.39 is 0 Å². The molecule has 1 aliphatic rings. The second-order valence-corrected chi connectivity index (χ2v) is 3.65. The van der Waals surface area contributed by atoms with Crippen molar-refractivity contribution in [3.8, 4) is 0 Å². The van der Waals surface area contributed by atoms with E-state index in [9.17, 15) is 0 Å². The van der Waals surface area contributed by atoms with Crippen molar-refractivity contribution in [1.82, 2.24) is 0 Å². The Bertz CT molecular complexity index is 103. The molecular formula is C9H15S. The minimum atomic E-state index is 0.971. The Morgan fingerprint density at radius 1 is 1.60 bits per heavy atom. The van der Waals surface area contributed by atoms with Gasteiger partial charge in [0.25, 0.3) is 0 Å². The van der Waals surface area contributed by atoms with Crippen molar-refractivity contribution in [3.63, 3.8) is 0 Å². The summed E-state index contributed by atoms with van der Waals surface area (Å²) in [6, 6.07) is 0. The molecule has 0 saturated heterocycles. The van der Waals surface area contributed by atoms with Crippen LogP contribution in [0.5, 0.6) is 0 Å². The molecule has 0 bridgehead atoms. The molecule has 0 nitrogen and oxygen atoms in total. The van der Waals surface area contributed by atoms with Gasteiger partial charge in [-0.2, -0.15) is 11.8 Å². The van der Waals surface area contributed by atoms with Gasteiger partial charge in [0, 0.05) is 5.75 Å². The van der Waals surface area contributed by atoms with Gasteiger partial charge in [0.05, 0.1) is 0 Å². The van der Waals surface area contributed by atoms with E-state index in [1.807, 2.05) is 11.8 Å². The van der Waals surface area contributed by atoms with Gasteiger partial charge in [-0.15, -0.1) is 0 Å². The fourth-order valence-electron chi connectivity index (χ4n) is 0.924. The molecule has 1 atom stereocenters. The Morgan fingerprint density at radius 3 is 3.00 bits per heavy atom. The van der Waals surface area contributed by atoms with E-state index in [1.54, 1.807) is 0 Å². The van der Waals surface area contributed by atoms with Crippen LogP contribution in [0, 0.1) is 12.3 Å². The monoisotopic (exact) mass is 155 g/mol. The van der Waals surface area contributed by atoms with Crippen LogP contribution in [-0.2, 0) is 0 Å². The molecule has 1 saturated carbocycles. The fraction of sp³-hybridized carbons (Fsp3) is 0.667. The lowest BCUT2D eigenvalue weighted by Crippen LogP contribution is -1.73. The summed E-state index contributed by atoms with van der Waals surface area (Å²) in [5.74, 6) is 2.15. The van der Waals surface area contributed by atoms with E-state index in [-0.39, 0.29) is 0 Å². The lowest BCUT2D eigenvalue weighted by atomic mass is 10.2. The van der Waals surface area contributed by atoms with Gasteiger partial charge in [0.2, 0.25) is 0 Å². The molecule has 1 heteroatoms. The molecule has 1 rings (SSSR count). The largest absolute Gasteiger partial charge is 0.161 e. The van der Waals surface area contributed by atoms with Gasteiger partial charge >= 0.3 is 0 Å². The molecule has 1 radical (unpaired) electrons. The second-order valence-electron chi connectivity index (χ2n) is 2.74. The third kappa shape index (κ3) is 3.99. The molecular weight excluding hydrogens is 140 g/mol. The van der Waals surface area contributed by atoms with Crippen LogP contribution in [-0.4, -0.2) is 12.0 Å². The summed E-state index contributed by atoms with van der Waals surface area (Å²) < 4.78 is 0. The average Bonchev–Trinajstić information content (AvgIpc) is 2.71. The maximum atomic E-state index is 2.39. The molecule has 1 fully saturated rings. The highest BCUT2D eigenvalue weighted by Crippen LogP contribution is 2.31. The van der Waals surface area contributed by atoms with Crippen molar-refractivity contribution < 1.29 is 0 Å². The third-order valence-corrected chi connectivity index (χ3v) is 2.23. The lowest BCUT2D eigenvalue weighted by Gasteiger charge is -1.89. The summed E-state index contributed by atoms with van der Waals surface area (Å²) in [5.41, 5.74) is 0. The Morgan fingerprint density at radius 2 is 2.40 bits per heavy atom. The predicted molar refractivity (Wildman–Crippen MR) is 49.2 cm³/mol. The molecule has 1 unspecified atom stereocenters. The lowest BCUT2D eigenvalue weighted by molar-refractivity contribution is 0.762. The van der Waals surface area contributed by atoms with Crippen LogP contribution >= 0.6 is 11.8 Å². The quantitative estimate of drug-likeness (QED) is 0.550. The first kappa shape index (κ1) is 8.19. The van der Waals surface area contributed by atoms with Crippen LogP contribution in [0.15, 0.2) is 12.2 Å². The van der Waals surface area contributed by atoms with Gasteiger partial charge in [0.15, 0.2) is 0 Å². The topological polar surface area (TPSA) is 0 Å². The molecule has 0 amide bonds. The number of rotatable bonds is 5. The van der Waals surface area contributed by atoms with E-state index in [0.29, 0.717) is 0 Å². The molecule has 0 aromatic rings. The standard InChI is InChI=1S/C9H15S/c1-10-8-4-2-3-5-9-6-7-9/h2,4,6,9H,3,5,7-8H2,1H3. The maximum absolute atomic E-state index is 2.39.